The quantitative estimate of drug-likeness (QED) is 0.397. The molecule has 0 spiro atoms. The van der Waals surface area contributed by atoms with Crippen LogP contribution < -0.4 is 10.1 Å². The number of nitrogens with zero attached hydrogens (tertiary/aromatic N) is 1. The van der Waals surface area contributed by atoms with Crippen LogP contribution in [0, 0.1) is 19.7 Å². The summed E-state index contributed by atoms with van der Waals surface area (Å²) in [4.78, 5) is 28.9. The van der Waals surface area contributed by atoms with Gasteiger partial charge in [-0.05, 0) is 73.2 Å². The Hall–Kier alpha value is -3.67. The van der Waals surface area contributed by atoms with Crippen molar-refractivity contribution >= 4 is 11.8 Å². The SMILES string of the molecule is Cc1ccc(OCC(=O)N(Cc2ccc(F)cc2)[C@@H](Cc2ccccc2)C(=O)NC2CCCC2)cc1C. The van der Waals surface area contributed by atoms with Crippen molar-refractivity contribution in [2.24, 2.45) is 0 Å². The van der Waals surface area contributed by atoms with Gasteiger partial charge in [0.2, 0.25) is 5.91 Å². The molecule has 0 saturated heterocycles. The van der Waals surface area contributed by atoms with Crippen LogP contribution in [-0.4, -0.2) is 35.4 Å². The molecule has 0 aromatic heterocycles. The number of hydrogen-bond acceptors (Lipinski definition) is 3. The topological polar surface area (TPSA) is 58.6 Å². The van der Waals surface area contributed by atoms with E-state index in [0.29, 0.717) is 12.2 Å². The Morgan fingerprint density at radius 3 is 2.32 bits per heavy atom. The molecule has 37 heavy (non-hydrogen) atoms. The lowest BCUT2D eigenvalue weighted by Gasteiger charge is -2.32. The maximum atomic E-state index is 13.7. The summed E-state index contributed by atoms with van der Waals surface area (Å²) in [5.41, 5.74) is 3.92. The van der Waals surface area contributed by atoms with Gasteiger partial charge in [0.05, 0.1) is 0 Å². The summed E-state index contributed by atoms with van der Waals surface area (Å²) >= 11 is 0. The van der Waals surface area contributed by atoms with Crippen LogP contribution in [0.1, 0.15) is 47.9 Å². The van der Waals surface area contributed by atoms with Crippen molar-refractivity contribution in [1.82, 2.24) is 10.2 Å². The fraction of sp³-hybridized carbons (Fsp3) is 0.355. The first kappa shape index (κ1) is 26.4. The summed E-state index contributed by atoms with van der Waals surface area (Å²) in [5, 5.41) is 3.18. The molecule has 1 N–H and O–H groups in total. The highest BCUT2D eigenvalue weighted by Gasteiger charge is 2.32. The smallest absolute Gasteiger partial charge is 0.261 e. The van der Waals surface area contributed by atoms with Crippen LogP contribution in [-0.2, 0) is 22.6 Å². The molecule has 3 aromatic rings. The molecule has 6 heteroatoms. The van der Waals surface area contributed by atoms with Gasteiger partial charge in [-0.3, -0.25) is 9.59 Å². The van der Waals surface area contributed by atoms with Gasteiger partial charge in [-0.1, -0.05) is 61.4 Å². The van der Waals surface area contributed by atoms with E-state index in [2.05, 4.69) is 5.32 Å². The summed E-state index contributed by atoms with van der Waals surface area (Å²) < 4.78 is 19.5. The first-order chi connectivity index (χ1) is 17.9. The molecule has 1 fully saturated rings. The zero-order valence-electron chi connectivity index (χ0n) is 21.6. The van der Waals surface area contributed by atoms with E-state index in [0.717, 1.165) is 47.9 Å². The number of nitrogens with one attached hydrogen (secondary N) is 1. The van der Waals surface area contributed by atoms with E-state index in [1.807, 2.05) is 62.4 Å². The van der Waals surface area contributed by atoms with Crippen LogP contribution in [0.2, 0.25) is 0 Å². The van der Waals surface area contributed by atoms with E-state index in [9.17, 15) is 14.0 Å². The second kappa shape index (κ2) is 12.5. The lowest BCUT2D eigenvalue weighted by Crippen LogP contribution is -2.53. The van der Waals surface area contributed by atoms with Crippen LogP contribution >= 0.6 is 0 Å². The van der Waals surface area contributed by atoms with Gasteiger partial charge in [0.25, 0.3) is 5.91 Å². The minimum absolute atomic E-state index is 0.125. The number of hydrogen-bond donors (Lipinski definition) is 1. The van der Waals surface area contributed by atoms with E-state index in [1.54, 1.807) is 17.0 Å². The van der Waals surface area contributed by atoms with Crippen LogP contribution in [0.3, 0.4) is 0 Å². The third-order valence-electron chi connectivity index (χ3n) is 7.08. The maximum absolute atomic E-state index is 13.7. The average Bonchev–Trinajstić information content (AvgIpc) is 3.41. The van der Waals surface area contributed by atoms with E-state index in [-0.39, 0.29) is 36.8 Å². The molecule has 0 heterocycles. The Balaban J connectivity index is 1.60. The van der Waals surface area contributed by atoms with E-state index < -0.39 is 6.04 Å². The minimum Gasteiger partial charge on any atom is -0.484 e. The molecule has 0 radical (unpaired) electrons. The minimum atomic E-state index is -0.732. The normalized spacial score (nSPS) is 14.2. The first-order valence-electron chi connectivity index (χ1n) is 13.0. The van der Waals surface area contributed by atoms with Gasteiger partial charge in [-0.15, -0.1) is 0 Å². The predicted molar refractivity (Wildman–Crippen MR) is 143 cm³/mol. The van der Waals surface area contributed by atoms with Crippen LogP contribution in [0.15, 0.2) is 72.8 Å². The Morgan fingerprint density at radius 1 is 0.946 bits per heavy atom. The summed E-state index contributed by atoms with van der Waals surface area (Å²) in [6, 6.07) is 20.8. The average molecular weight is 503 g/mol. The molecule has 3 aromatic carbocycles. The number of halogens is 1. The molecule has 194 valence electrons. The Morgan fingerprint density at radius 2 is 1.65 bits per heavy atom. The van der Waals surface area contributed by atoms with Crippen LogP contribution in [0.4, 0.5) is 4.39 Å². The van der Waals surface area contributed by atoms with E-state index in [4.69, 9.17) is 4.74 Å². The van der Waals surface area contributed by atoms with Crippen molar-refractivity contribution in [1.29, 1.82) is 0 Å². The molecule has 1 atom stereocenters. The van der Waals surface area contributed by atoms with Crippen LogP contribution in [0.5, 0.6) is 5.75 Å². The Labute approximate surface area is 218 Å². The third kappa shape index (κ3) is 7.42. The van der Waals surface area contributed by atoms with Gasteiger partial charge in [0.15, 0.2) is 6.61 Å². The highest BCUT2D eigenvalue weighted by Crippen LogP contribution is 2.21. The van der Waals surface area contributed by atoms with Gasteiger partial charge in [-0.2, -0.15) is 0 Å². The fourth-order valence-electron chi connectivity index (χ4n) is 4.74. The standard InChI is InChI=1S/C31H35FN2O3/c1-22-12-17-28(18-23(22)2)37-21-30(35)34(20-25-13-15-26(32)16-14-25)29(19-24-8-4-3-5-9-24)31(36)33-27-10-6-7-11-27/h3-5,8-9,12-18,27,29H,6-7,10-11,19-21H2,1-2H3,(H,33,36)/t29-/m0/s1. The van der Waals surface area contributed by atoms with Crippen molar-refractivity contribution in [3.05, 3.63) is 101 Å². The van der Waals surface area contributed by atoms with Gasteiger partial charge in [-0.25, -0.2) is 4.39 Å². The first-order valence-corrected chi connectivity index (χ1v) is 13.0. The molecule has 2 amide bonds. The highest BCUT2D eigenvalue weighted by molar-refractivity contribution is 5.88. The summed E-state index contributed by atoms with van der Waals surface area (Å²) in [7, 11) is 0. The molecule has 0 aliphatic heterocycles. The molecule has 5 nitrogen and oxygen atoms in total. The number of amides is 2. The molecule has 0 bridgehead atoms. The fourth-order valence-corrected chi connectivity index (χ4v) is 4.74. The Bertz CT molecular complexity index is 1190. The second-order valence-corrected chi connectivity index (χ2v) is 9.88. The molecule has 4 rings (SSSR count). The molecular formula is C31H35FN2O3. The number of rotatable bonds is 10. The number of ether oxygens (including phenoxy) is 1. The zero-order chi connectivity index (χ0) is 26.2. The molecule has 1 aliphatic carbocycles. The summed E-state index contributed by atoms with van der Waals surface area (Å²) in [6.07, 6.45) is 4.46. The number of aryl methyl sites for hydroxylation is 2. The summed E-state index contributed by atoms with van der Waals surface area (Å²) in [5.74, 6) is -0.213. The number of carbonyl (C=O) groups excluding carboxylic acids is 2. The van der Waals surface area contributed by atoms with Crippen molar-refractivity contribution in [2.75, 3.05) is 6.61 Å². The van der Waals surface area contributed by atoms with Crippen molar-refractivity contribution < 1.29 is 18.7 Å². The highest BCUT2D eigenvalue weighted by atomic mass is 19.1. The molecule has 0 unspecified atom stereocenters. The number of carbonyl (C=O) groups is 2. The molecule has 1 aliphatic rings. The molecule has 1 saturated carbocycles. The van der Waals surface area contributed by atoms with Crippen molar-refractivity contribution in [3.63, 3.8) is 0 Å². The van der Waals surface area contributed by atoms with Gasteiger partial charge >= 0.3 is 0 Å². The van der Waals surface area contributed by atoms with Gasteiger partial charge < -0.3 is 15.0 Å². The van der Waals surface area contributed by atoms with E-state index in [1.165, 1.54) is 12.1 Å². The van der Waals surface area contributed by atoms with Crippen molar-refractivity contribution in [2.45, 2.75) is 64.6 Å². The van der Waals surface area contributed by atoms with Gasteiger partial charge in [0.1, 0.15) is 17.6 Å². The van der Waals surface area contributed by atoms with E-state index >= 15 is 0 Å². The lowest BCUT2D eigenvalue weighted by atomic mass is 10.0. The largest absolute Gasteiger partial charge is 0.484 e. The summed E-state index contributed by atoms with van der Waals surface area (Å²) in [6.45, 7) is 3.98. The maximum Gasteiger partial charge on any atom is 0.261 e. The number of benzene rings is 3. The predicted octanol–water partition coefficient (Wildman–Crippen LogP) is 5.52. The van der Waals surface area contributed by atoms with Gasteiger partial charge in [0, 0.05) is 19.0 Å². The van der Waals surface area contributed by atoms with Crippen LogP contribution in [0.25, 0.3) is 0 Å². The Kier molecular flexibility index (Phi) is 8.94. The van der Waals surface area contributed by atoms with Crippen molar-refractivity contribution in [3.8, 4) is 5.75 Å². The lowest BCUT2D eigenvalue weighted by molar-refractivity contribution is -0.143. The monoisotopic (exact) mass is 502 g/mol. The third-order valence-corrected chi connectivity index (χ3v) is 7.08. The second-order valence-electron chi connectivity index (χ2n) is 9.88. The molecular weight excluding hydrogens is 467 g/mol. The zero-order valence-corrected chi connectivity index (χ0v) is 21.6.